The standard InChI is InChI=1S/C27H25N3O5/c31-26(32)20-9-5-18(6-10-20)13-29(14-19-7-11-21(12-8-19)27(33)34)15-22-16-35-17-25-28-23-3-1-2-4-24(23)30(22)25/h1-12,22H,13-17H2,(H,31,32)(H,33,34). The molecule has 35 heavy (non-hydrogen) atoms. The van der Waals surface area contributed by atoms with Gasteiger partial charge in [0.1, 0.15) is 12.4 Å². The van der Waals surface area contributed by atoms with Crippen LogP contribution in [0.4, 0.5) is 0 Å². The van der Waals surface area contributed by atoms with E-state index >= 15 is 0 Å². The summed E-state index contributed by atoms with van der Waals surface area (Å²) in [5, 5.41) is 18.4. The molecule has 1 aromatic heterocycles. The average molecular weight is 472 g/mol. The van der Waals surface area contributed by atoms with Crippen molar-refractivity contribution in [3.05, 3.63) is 101 Å². The molecule has 0 aliphatic carbocycles. The second-order valence-electron chi connectivity index (χ2n) is 8.73. The number of carbonyl (C=O) groups is 2. The molecule has 0 saturated carbocycles. The predicted molar refractivity (Wildman–Crippen MR) is 129 cm³/mol. The molecule has 0 saturated heterocycles. The summed E-state index contributed by atoms with van der Waals surface area (Å²) in [5.74, 6) is -1.00. The van der Waals surface area contributed by atoms with Crippen molar-refractivity contribution in [2.45, 2.75) is 25.7 Å². The van der Waals surface area contributed by atoms with Gasteiger partial charge in [-0.1, -0.05) is 36.4 Å². The lowest BCUT2D eigenvalue weighted by atomic mass is 10.1. The molecule has 1 atom stereocenters. The van der Waals surface area contributed by atoms with E-state index in [1.807, 2.05) is 42.5 Å². The third-order valence-electron chi connectivity index (χ3n) is 6.26. The van der Waals surface area contributed by atoms with Crippen LogP contribution in [0.3, 0.4) is 0 Å². The van der Waals surface area contributed by atoms with Crippen LogP contribution in [0.25, 0.3) is 11.0 Å². The molecule has 1 aliphatic heterocycles. The van der Waals surface area contributed by atoms with Crippen LogP contribution in [0.5, 0.6) is 0 Å². The van der Waals surface area contributed by atoms with E-state index in [4.69, 9.17) is 9.72 Å². The monoisotopic (exact) mass is 471 g/mol. The third kappa shape index (κ3) is 4.94. The fourth-order valence-corrected chi connectivity index (χ4v) is 4.60. The third-order valence-corrected chi connectivity index (χ3v) is 6.26. The van der Waals surface area contributed by atoms with Crippen molar-refractivity contribution in [2.24, 2.45) is 0 Å². The maximum atomic E-state index is 11.2. The molecular weight excluding hydrogens is 446 g/mol. The Morgan fingerprint density at radius 1 is 0.886 bits per heavy atom. The fraction of sp³-hybridized carbons (Fsp3) is 0.222. The molecule has 8 heteroatoms. The molecular formula is C27H25N3O5. The number of carboxylic acid groups (broad SMARTS) is 2. The number of aromatic nitrogens is 2. The van der Waals surface area contributed by atoms with E-state index in [1.165, 1.54) is 0 Å². The summed E-state index contributed by atoms with van der Waals surface area (Å²) in [4.78, 5) is 29.5. The zero-order chi connectivity index (χ0) is 24.4. The minimum atomic E-state index is -0.953. The Bertz CT molecular complexity index is 1300. The Balaban J connectivity index is 1.43. The topological polar surface area (TPSA) is 105 Å². The first-order valence-corrected chi connectivity index (χ1v) is 11.4. The number of aromatic carboxylic acids is 2. The van der Waals surface area contributed by atoms with Gasteiger partial charge in [0, 0.05) is 19.6 Å². The first-order valence-electron chi connectivity index (χ1n) is 11.4. The number of benzene rings is 3. The molecule has 2 N–H and O–H groups in total. The summed E-state index contributed by atoms with van der Waals surface area (Å²) in [7, 11) is 0. The summed E-state index contributed by atoms with van der Waals surface area (Å²) >= 11 is 0. The van der Waals surface area contributed by atoms with Gasteiger partial charge < -0.3 is 19.5 Å². The number of hydrogen-bond acceptors (Lipinski definition) is 5. The number of hydrogen-bond donors (Lipinski definition) is 2. The molecule has 1 unspecified atom stereocenters. The van der Waals surface area contributed by atoms with Crippen molar-refractivity contribution in [1.82, 2.24) is 14.5 Å². The number of para-hydroxylation sites is 2. The van der Waals surface area contributed by atoms with Crippen LogP contribution >= 0.6 is 0 Å². The van der Waals surface area contributed by atoms with Crippen LogP contribution in [-0.4, -0.2) is 49.8 Å². The highest BCUT2D eigenvalue weighted by Gasteiger charge is 2.26. The number of carboxylic acids is 2. The van der Waals surface area contributed by atoms with E-state index in [-0.39, 0.29) is 17.2 Å². The number of rotatable bonds is 8. The molecule has 0 radical (unpaired) electrons. The van der Waals surface area contributed by atoms with Gasteiger partial charge in [0.05, 0.1) is 34.8 Å². The lowest BCUT2D eigenvalue weighted by Gasteiger charge is -2.32. The first kappa shape index (κ1) is 22.8. The molecule has 5 rings (SSSR count). The molecule has 0 spiro atoms. The second kappa shape index (κ2) is 9.69. The van der Waals surface area contributed by atoms with E-state index in [9.17, 15) is 19.8 Å². The zero-order valence-electron chi connectivity index (χ0n) is 19.0. The quantitative estimate of drug-likeness (QED) is 0.397. The fourth-order valence-electron chi connectivity index (χ4n) is 4.60. The number of nitrogens with zero attached hydrogens (tertiary/aromatic N) is 3. The Kier molecular flexibility index (Phi) is 6.31. The maximum Gasteiger partial charge on any atom is 0.335 e. The molecule has 2 heterocycles. The molecule has 8 nitrogen and oxygen atoms in total. The van der Waals surface area contributed by atoms with Gasteiger partial charge in [-0.2, -0.15) is 0 Å². The highest BCUT2D eigenvalue weighted by atomic mass is 16.5. The van der Waals surface area contributed by atoms with Crippen molar-refractivity contribution in [1.29, 1.82) is 0 Å². The Hall–Kier alpha value is -4.01. The normalized spacial score (nSPS) is 15.3. The Morgan fingerprint density at radius 3 is 2.03 bits per heavy atom. The maximum absolute atomic E-state index is 11.2. The number of ether oxygens (including phenoxy) is 1. The highest BCUT2D eigenvalue weighted by molar-refractivity contribution is 5.88. The predicted octanol–water partition coefficient (Wildman–Crippen LogP) is 4.21. The van der Waals surface area contributed by atoms with Gasteiger partial charge >= 0.3 is 11.9 Å². The van der Waals surface area contributed by atoms with E-state index in [2.05, 4.69) is 15.5 Å². The summed E-state index contributed by atoms with van der Waals surface area (Å²) in [5.41, 5.74) is 4.50. The molecule has 0 bridgehead atoms. The van der Waals surface area contributed by atoms with E-state index < -0.39 is 11.9 Å². The lowest BCUT2D eigenvalue weighted by Crippen LogP contribution is -2.35. The van der Waals surface area contributed by atoms with Crippen LogP contribution < -0.4 is 0 Å². The number of imidazole rings is 1. The van der Waals surface area contributed by atoms with Crippen molar-refractivity contribution in [2.75, 3.05) is 13.2 Å². The Morgan fingerprint density at radius 2 is 1.46 bits per heavy atom. The molecule has 178 valence electrons. The van der Waals surface area contributed by atoms with Crippen molar-refractivity contribution < 1.29 is 24.5 Å². The summed E-state index contributed by atoms with van der Waals surface area (Å²) < 4.78 is 8.14. The van der Waals surface area contributed by atoms with Gasteiger partial charge in [-0.05, 0) is 47.5 Å². The SMILES string of the molecule is O=C(O)c1ccc(CN(Cc2ccc(C(=O)O)cc2)CC2COCc3nc4ccccc4n32)cc1. The van der Waals surface area contributed by atoms with Gasteiger partial charge in [-0.25, -0.2) is 14.6 Å². The first-order chi connectivity index (χ1) is 17.0. The average Bonchev–Trinajstić information content (AvgIpc) is 3.24. The van der Waals surface area contributed by atoms with E-state index in [1.54, 1.807) is 24.3 Å². The van der Waals surface area contributed by atoms with Crippen LogP contribution in [-0.2, 0) is 24.4 Å². The second-order valence-corrected chi connectivity index (χ2v) is 8.73. The highest BCUT2D eigenvalue weighted by Crippen LogP contribution is 2.27. The molecule has 3 aromatic carbocycles. The van der Waals surface area contributed by atoms with Gasteiger partial charge in [-0.3, -0.25) is 4.90 Å². The minimum Gasteiger partial charge on any atom is -0.478 e. The smallest absolute Gasteiger partial charge is 0.335 e. The summed E-state index contributed by atoms with van der Waals surface area (Å²) in [6.07, 6.45) is 0. The minimum absolute atomic E-state index is 0.0442. The van der Waals surface area contributed by atoms with Crippen molar-refractivity contribution in [3.63, 3.8) is 0 Å². The van der Waals surface area contributed by atoms with Crippen LogP contribution in [0.15, 0.2) is 72.8 Å². The van der Waals surface area contributed by atoms with Crippen molar-refractivity contribution >= 4 is 23.0 Å². The summed E-state index contributed by atoms with van der Waals surface area (Å²) in [6, 6.07) is 21.9. The van der Waals surface area contributed by atoms with Gasteiger partial charge in [0.15, 0.2) is 0 Å². The largest absolute Gasteiger partial charge is 0.478 e. The summed E-state index contributed by atoms with van der Waals surface area (Å²) in [6.45, 7) is 2.89. The van der Waals surface area contributed by atoms with E-state index in [0.717, 1.165) is 28.0 Å². The lowest BCUT2D eigenvalue weighted by molar-refractivity contribution is 0.0402. The number of fused-ring (bicyclic) bond motifs is 3. The molecule has 0 amide bonds. The molecule has 0 fully saturated rings. The van der Waals surface area contributed by atoms with Crippen LogP contribution in [0.2, 0.25) is 0 Å². The van der Waals surface area contributed by atoms with Crippen LogP contribution in [0, 0.1) is 0 Å². The van der Waals surface area contributed by atoms with E-state index in [0.29, 0.717) is 32.8 Å². The molecule has 4 aromatic rings. The Labute approximate surface area is 202 Å². The van der Waals surface area contributed by atoms with Gasteiger partial charge in [0.2, 0.25) is 0 Å². The van der Waals surface area contributed by atoms with Gasteiger partial charge in [-0.15, -0.1) is 0 Å². The van der Waals surface area contributed by atoms with Gasteiger partial charge in [0.25, 0.3) is 0 Å². The molecule has 1 aliphatic rings. The van der Waals surface area contributed by atoms with Crippen molar-refractivity contribution in [3.8, 4) is 0 Å². The van der Waals surface area contributed by atoms with Crippen LogP contribution in [0.1, 0.15) is 43.7 Å². The zero-order valence-corrected chi connectivity index (χ0v) is 19.0.